The Morgan fingerprint density at radius 2 is 1.89 bits per heavy atom. The summed E-state index contributed by atoms with van der Waals surface area (Å²) in [5.41, 5.74) is 3.60. The molecule has 2 aliphatic rings. The highest BCUT2D eigenvalue weighted by atomic mass is 15.2. The van der Waals surface area contributed by atoms with Crippen molar-refractivity contribution in [3.8, 4) is 0 Å². The van der Waals surface area contributed by atoms with Gasteiger partial charge in [0.1, 0.15) is 0 Å². The number of rotatable bonds is 1. The predicted molar refractivity (Wildman–Crippen MR) is 80.1 cm³/mol. The van der Waals surface area contributed by atoms with Gasteiger partial charge < -0.3 is 5.32 Å². The fourth-order valence-corrected chi connectivity index (χ4v) is 3.46. The van der Waals surface area contributed by atoms with E-state index in [9.17, 15) is 0 Å². The Bertz CT molecular complexity index is 429. The number of piperidine rings is 1. The Kier molecular flexibility index (Phi) is 3.64. The predicted octanol–water partition coefficient (Wildman–Crippen LogP) is 3.34. The van der Waals surface area contributed by atoms with Gasteiger partial charge in [0.25, 0.3) is 0 Å². The summed E-state index contributed by atoms with van der Waals surface area (Å²) in [5, 5.41) is 3.56. The van der Waals surface area contributed by atoms with Crippen LogP contribution in [-0.4, -0.2) is 24.5 Å². The topological polar surface area (TPSA) is 15.3 Å². The van der Waals surface area contributed by atoms with Gasteiger partial charge in [0.2, 0.25) is 0 Å². The number of hydrogen-bond acceptors (Lipinski definition) is 2. The second-order valence-electron chi connectivity index (χ2n) is 6.88. The molecule has 2 heteroatoms. The quantitative estimate of drug-likeness (QED) is 0.831. The monoisotopic (exact) mass is 258 g/mol. The van der Waals surface area contributed by atoms with Gasteiger partial charge in [-0.05, 0) is 55.4 Å². The summed E-state index contributed by atoms with van der Waals surface area (Å²) in [4.78, 5) is 2.72. The normalized spacial score (nSPS) is 27.6. The van der Waals surface area contributed by atoms with Crippen LogP contribution in [0.5, 0.6) is 0 Å². The average Bonchev–Trinajstić information content (AvgIpc) is 2.61. The van der Waals surface area contributed by atoms with E-state index in [2.05, 4.69) is 48.3 Å². The SMILES string of the molecule is CC1(C)CCN(C2CCNCc3ccccc32)CC1. The highest BCUT2D eigenvalue weighted by molar-refractivity contribution is 5.31. The number of nitrogens with one attached hydrogen (secondary N) is 1. The number of nitrogens with zero attached hydrogens (tertiary/aromatic N) is 1. The van der Waals surface area contributed by atoms with E-state index in [0.717, 1.165) is 13.1 Å². The second-order valence-corrected chi connectivity index (χ2v) is 6.88. The lowest BCUT2D eigenvalue weighted by Crippen LogP contribution is -2.40. The van der Waals surface area contributed by atoms with Crippen LogP contribution in [0.15, 0.2) is 24.3 Å². The molecule has 2 nitrogen and oxygen atoms in total. The zero-order valence-corrected chi connectivity index (χ0v) is 12.3. The van der Waals surface area contributed by atoms with Gasteiger partial charge in [0.15, 0.2) is 0 Å². The molecule has 1 atom stereocenters. The van der Waals surface area contributed by atoms with Crippen LogP contribution in [0.25, 0.3) is 0 Å². The maximum absolute atomic E-state index is 3.56. The van der Waals surface area contributed by atoms with Crippen LogP contribution < -0.4 is 5.32 Å². The number of fused-ring (bicyclic) bond motifs is 1. The zero-order valence-electron chi connectivity index (χ0n) is 12.3. The lowest BCUT2D eigenvalue weighted by atomic mass is 9.81. The van der Waals surface area contributed by atoms with E-state index >= 15 is 0 Å². The van der Waals surface area contributed by atoms with E-state index in [1.807, 2.05) is 0 Å². The van der Waals surface area contributed by atoms with Gasteiger partial charge in [-0.1, -0.05) is 38.1 Å². The number of hydrogen-bond donors (Lipinski definition) is 1. The van der Waals surface area contributed by atoms with Gasteiger partial charge in [0.05, 0.1) is 0 Å². The molecule has 2 heterocycles. The van der Waals surface area contributed by atoms with Crippen molar-refractivity contribution in [3.63, 3.8) is 0 Å². The highest BCUT2D eigenvalue weighted by Gasteiger charge is 2.31. The molecule has 3 rings (SSSR count). The van der Waals surface area contributed by atoms with Crippen LogP contribution in [-0.2, 0) is 6.54 Å². The maximum atomic E-state index is 3.56. The molecule has 0 bridgehead atoms. The molecule has 1 saturated heterocycles. The van der Waals surface area contributed by atoms with Crippen molar-refractivity contribution < 1.29 is 0 Å². The molecule has 0 spiro atoms. The lowest BCUT2D eigenvalue weighted by Gasteiger charge is -2.41. The fourth-order valence-electron chi connectivity index (χ4n) is 3.46. The second kappa shape index (κ2) is 5.26. The van der Waals surface area contributed by atoms with Crippen LogP contribution in [0.2, 0.25) is 0 Å². The van der Waals surface area contributed by atoms with Crippen molar-refractivity contribution in [2.24, 2.45) is 5.41 Å². The summed E-state index contributed by atoms with van der Waals surface area (Å²) < 4.78 is 0. The van der Waals surface area contributed by atoms with Gasteiger partial charge in [-0.3, -0.25) is 4.90 Å². The van der Waals surface area contributed by atoms with E-state index in [1.165, 1.54) is 37.9 Å². The molecule has 0 radical (unpaired) electrons. The van der Waals surface area contributed by atoms with E-state index in [-0.39, 0.29) is 0 Å². The van der Waals surface area contributed by atoms with E-state index < -0.39 is 0 Å². The molecule has 1 unspecified atom stereocenters. The Hall–Kier alpha value is -0.860. The summed E-state index contributed by atoms with van der Waals surface area (Å²) in [7, 11) is 0. The largest absolute Gasteiger partial charge is 0.313 e. The Morgan fingerprint density at radius 1 is 1.16 bits per heavy atom. The molecular weight excluding hydrogens is 232 g/mol. The molecule has 1 fully saturated rings. The first-order valence-electron chi connectivity index (χ1n) is 7.68. The molecule has 0 aliphatic carbocycles. The smallest absolute Gasteiger partial charge is 0.0363 e. The third-order valence-corrected chi connectivity index (χ3v) is 4.92. The van der Waals surface area contributed by atoms with Gasteiger partial charge >= 0.3 is 0 Å². The third-order valence-electron chi connectivity index (χ3n) is 4.92. The minimum absolute atomic E-state index is 0.541. The first-order valence-corrected chi connectivity index (χ1v) is 7.68. The van der Waals surface area contributed by atoms with E-state index in [4.69, 9.17) is 0 Å². The molecule has 1 N–H and O–H groups in total. The molecule has 0 aromatic heterocycles. The third kappa shape index (κ3) is 2.85. The van der Waals surface area contributed by atoms with Gasteiger partial charge in [-0.15, -0.1) is 0 Å². The summed E-state index contributed by atoms with van der Waals surface area (Å²) in [6.07, 6.45) is 3.91. The van der Waals surface area contributed by atoms with Crippen LogP contribution in [0.4, 0.5) is 0 Å². The Morgan fingerprint density at radius 3 is 2.68 bits per heavy atom. The number of benzene rings is 1. The number of likely N-dealkylation sites (tertiary alicyclic amines) is 1. The average molecular weight is 258 g/mol. The molecule has 0 saturated carbocycles. The highest BCUT2D eigenvalue weighted by Crippen LogP contribution is 2.36. The van der Waals surface area contributed by atoms with Crippen molar-refractivity contribution in [3.05, 3.63) is 35.4 Å². The van der Waals surface area contributed by atoms with Gasteiger partial charge in [-0.2, -0.15) is 0 Å². The summed E-state index contributed by atoms with van der Waals surface area (Å²) >= 11 is 0. The maximum Gasteiger partial charge on any atom is 0.0363 e. The zero-order chi connectivity index (χ0) is 13.3. The van der Waals surface area contributed by atoms with Crippen LogP contribution in [0, 0.1) is 5.41 Å². The summed E-state index contributed by atoms with van der Waals surface area (Å²) in [6.45, 7) is 9.50. The van der Waals surface area contributed by atoms with E-state index in [0.29, 0.717) is 11.5 Å². The minimum Gasteiger partial charge on any atom is -0.313 e. The van der Waals surface area contributed by atoms with Crippen molar-refractivity contribution in [2.45, 2.75) is 45.7 Å². The van der Waals surface area contributed by atoms with Crippen molar-refractivity contribution in [1.29, 1.82) is 0 Å². The standard InChI is InChI=1S/C17H26N2/c1-17(2)8-11-19(12-9-17)16-7-10-18-13-14-5-3-4-6-15(14)16/h3-6,16,18H,7-13H2,1-2H3. The Labute approximate surface area is 117 Å². The molecule has 2 aliphatic heterocycles. The minimum atomic E-state index is 0.541. The van der Waals surface area contributed by atoms with Crippen LogP contribution in [0.3, 0.4) is 0 Å². The van der Waals surface area contributed by atoms with Crippen molar-refractivity contribution in [1.82, 2.24) is 10.2 Å². The van der Waals surface area contributed by atoms with Gasteiger partial charge in [0, 0.05) is 12.6 Å². The molecule has 104 valence electrons. The molecular formula is C17H26N2. The van der Waals surface area contributed by atoms with Crippen molar-refractivity contribution >= 4 is 0 Å². The first kappa shape index (κ1) is 13.1. The summed E-state index contributed by atoms with van der Waals surface area (Å²) in [5.74, 6) is 0. The molecule has 1 aromatic carbocycles. The fraction of sp³-hybridized carbons (Fsp3) is 0.647. The Balaban J connectivity index is 1.81. The van der Waals surface area contributed by atoms with E-state index in [1.54, 1.807) is 5.56 Å². The molecule has 0 amide bonds. The molecule has 1 aromatic rings. The first-order chi connectivity index (χ1) is 9.16. The van der Waals surface area contributed by atoms with Crippen molar-refractivity contribution in [2.75, 3.05) is 19.6 Å². The van der Waals surface area contributed by atoms with Gasteiger partial charge in [-0.25, -0.2) is 0 Å². The summed E-state index contributed by atoms with van der Waals surface area (Å²) in [6, 6.07) is 9.62. The molecule has 19 heavy (non-hydrogen) atoms. The van der Waals surface area contributed by atoms with Crippen LogP contribution in [0.1, 0.15) is 50.3 Å². The van der Waals surface area contributed by atoms with Crippen LogP contribution >= 0.6 is 0 Å². The lowest BCUT2D eigenvalue weighted by molar-refractivity contribution is 0.0904.